The van der Waals surface area contributed by atoms with Gasteiger partial charge < -0.3 is 19.1 Å². The second kappa shape index (κ2) is 8.71. The third kappa shape index (κ3) is 4.32. The molecule has 8 heteroatoms. The summed E-state index contributed by atoms with van der Waals surface area (Å²) in [5.74, 6) is -1.47. The standard InChI is InChI=1S/C24H33NO7/c1-7-30-20(27)24(21(28)31-8-2)10-16-14(3)19(26)9-15-12-25(13-18(15)17(16)11-24)22(29)32-23(4,5)6/h15H,7-13H2,1-6H3. The molecule has 1 heterocycles. The number of hydrogen-bond donors (Lipinski definition) is 0. The van der Waals surface area contributed by atoms with Gasteiger partial charge in [0.25, 0.3) is 0 Å². The number of carbonyl (C=O) groups excluding carboxylic acids is 4. The lowest BCUT2D eigenvalue weighted by atomic mass is 9.84. The van der Waals surface area contributed by atoms with Gasteiger partial charge in [0.1, 0.15) is 5.60 Å². The van der Waals surface area contributed by atoms with E-state index in [0.29, 0.717) is 30.7 Å². The Labute approximate surface area is 188 Å². The normalized spacial score (nSPS) is 22.4. The van der Waals surface area contributed by atoms with E-state index in [1.54, 1.807) is 46.4 Å². The fourth-order valence-electron chi connectivity index (χ4n) is 4.77. The Bertz CT molecular complexity index is 888. The Hall–Kier alpha value is -2.64. The van der Waals surface area contributed by atoms with Crippen LogP contribution in [0.4, 0.5) is 4.79 Å². The Morgan fingerprint density at radius 1 is 1.03 bits per heavy atom. The number of amides is 1. The van der Waals surface area contributed by atoms with Crippen LogP contribution in [0, 0.1) is 11.3 Å². The van der Waals surface area contributed by atoms with E-state index in [1.165, 1.54) is 0 Å². The highest BCUT2D eigenvalue weighted by Crippen LogP contribution is 2.52. The molecule has 8 nitrogen and oxygen atoms in total. The van der Waals surface area contributed by atoms with Crippen LogP contribution in [-0.2, 0) is 28.6 Å². The number of esters is 2. The predicted molar refractivity (Wildman–Crippen MR) is 116 cm³/mol. The van der Waals surface area contributed by atoms with Gasteiger partial charge in [-0.1, -0.05) is 0 Å². The monoisotopic (exact) mass is 447 g/mol. The van der Waals surface area contributed by atoms with Gasteiger partial charge >= 0.3 is 18.0 Å². The summed E-state index contributed by atoms with van der Waals surface area (Å²) in [6.07, 6.45) is 0.0337. The molecule has 0 bridgehead atoms. The van der Waals surface area contributed by atoms with E-state index in [2.05, 4.69) is 0 Å². The van der Waals surface area contributed by atoms with Gasteiger partial charge in [-0.3, -0.25) is 14.4 Å². The van der Waals surface area contributed by atoms with Crippen molar-refractivity contribution in [3.8, 4) is 0 Å². The highest BCUT2D eigenvalue weighted by atomic mass is 16.6. The molecule has 0 N–H and O–H groups in total. The minimum absolute atomic E-state index is 0.0351. The van der Waals surface area contributed by atoms with Crippen LogP contribution in [0.3, 0.4) is 0 Å². The summed E-state index contributed by atoms with van der Waals surface area (Å²) in [7, 11) is 0. The lowest BCUT2D eigenvalue weighted by Gasteiger charge is -2.24. The van der Waals surface area contributed by atoms with Gasteiger partial charge in [-0.15, -0.1) is 0 Å². The van der Waals surface area contributed by atoms with Crippen molar-refractivity contribution in [2.24, 2.45) is 11.3 Å². The summed E-state index contributed by atoms with van der Waals surface area (Å²) in [6.45, 7) is 11.5. The molecule has 1 saturated heterocycles. The maximum absolute atomic E-state index is 13.0. The van der Waals surface area contributed by atoms with Crippen LogP contribution in [0.5, 0.6) is 0 Å². The molecule has 0 radical (unpaired) electrons. The van der Waals surface area contributed by atoms with Crippen LogP contribution in [0.2, 0.25) is 0 Å². The smallest absolute Gasteiger partial charge is 0.410 e. The molecule has 0 aromatic carbocycles. The quantitative estimate of drug-likeness (QED) is 0.370. The molecule has 2 aliphatic carbocycles. The molecule has 2 fully saturated rings. The molecule has 0 aromatic rings. The summed E-state index contributed by atoms with van der Waals surface area (Å²) in [5, 5.41) is 0. The number of nitrogens with zero attached hydrogens (tertiary/aromatic N) is 1. The number of ether oxygens (including phenoxy) is 3. The van der Waals surface area contributed by atoms with Crippen molar-refractivity contribution in [1.82, 2.24) is 4.90 Å². The summed E-state index contributed by atoms with van der Waals surface area (Å²) < 4.78 is 16.1. The van der Waals surface area contributed by atoms with Crippen LogP contribution in [-0.4, -0.2) is 60.6 Å². The molecular formula is C24H33NO7. The highest BCUT2D eigenvalue weighted by Gasteiger charge is 2.56. The number of ketones is 1. The summed E-state index contributed by atoms with van der Waals surface area (Å²) in [6, 6.07) is 0. The summed E-state index contributed by atoms with van der Waals surface area (Å²) >= 11 is 0. The first kappa shape index (κ1) is 24.0. The van der Waals surface area contributed by atoms with Crippen molar-refractivity contribution in [1.29, 1.82) is 0 Å². The second-order valence-corrected chi connectivity index (χ2v) is 9.67. The van der Waals surface area contributed by atoms with E-state index in [9.17, 15) is 19.2 Å². The highest BCUT2D eigenvalue weighted by molar-refractivity contribution is 6.04. The molecule has 32 heavy (non-hydrogen) atoms. The molecule has 0 aromatic heterocycles. The molecule has 1 amide bonds. The molecule has 1 aliphatic heterocycles. The van der Waals surface area contributed by atoms with Crippen LogP contribution < -0.4 is 0 Å². The zero-order chi connectivity index (χ0) is 23.8. The minimum atomic E-state index is -1.51. The third-order valence-electron chi connectivity index (χ3n) is 6.29. The average molecular weight is 448 g/mol. The molecule has 1 saturated carbocycles. The van der Waals surface area contributed by atoms with Gasteiger partial charge in [-0.05, 0) is 70.3 Å². The summed E-state index contributed by atoms with van der Waals surface area (Å²) in [4.78, 5) is 53.2. The third-order valence-corrected chi connectivity index (χ3v) is 6.29. The molecule has 3 rings (SSSR count). The van der Waals surface area contributed by atoms with E-state index in [-0.39, 0.29) is 37.8 Å². The van der Waals surface area contributed by atoms with E-state index < -0.39 is 29.0 Å². The molecule has 1 atom stereocenters. The lowest BCUT2D eigenvalue weighted by Crippen LogP contribution is -2.40. The maximum atomic E-state index is 13.0. The van der Waals surface area contributed by atoms with E-state index in [0.717, 1.165) is 11.1 Å². The van der Waals surface area contributed by atoms with E-state index in [1.807, 2.05) is 0 Å². The first-order valence-electron chi connectivity index (χ1n) is 11.2. The fraction of sp³-hybridized carbons (Fsp3) is 0.667. The molecular weight excluding hydrogens is 414 g/mol. The lowest BCUT2D eigenvalue weighted by molar-refractivity contribution is -0.171. The van der Waals surface area contributed by atoms with Crippen molar-refractivity contribution in [2.45, 2.75) is 66.4 Å². The minimum Gasteiger partial charge on any atom is -0.465 e. The molecule has 1 unspecified atom stereocenters. The first-order valence-corrected chi connectivity index (χ1v) is 11.2. The van der Waals surface area contributed by atoms with Gasteiger partial charge in [0.05, 0.1) is 13.2 Å². The SMILES string of the molecule is CCOC(=O)C1(C(=O)OCC)CC2=C(C)C(=O)CC3CN(C(=O)OC(C)(C)C)CC3=C2C1. The number of Topliss-reactive ketones (excluding diaryl/α,β-unsaturated/α-hetero) is 1. The van der Waals surface area contributed by atoms with Crippen molar-refractivity contribution in [3.63, 3.8) is 0 Å². The Balaban J connectivity index is 2.04. The number of likely N-dealkylation sites (tertiary alicyclic amines) is 1. The van der Waals surface area contributed by atoms with Gasteiger partial charge in [0.2, 0.25) is 0 Å². The fourth-order valence-corrected chi connectivity index (χ4v) is 4.77. The Morgan fingerprint density at radius 2 is 1.59 bits per heavy atom. The van der Waals surface area contributed by atoms with Gasteiger partial charge in [0, 0.05) is 31.8 Å². The van der Waals surface area contributed by atoms with Crippen molar-refractivity contribution >= 4 is 23.8 Å². The number of allylic oxidation sites excluding steroid dienone is 3. The van der Waals surface area contributed by atoms with Crippen LogP contribution >= 0.6 is 0 Å². The molecule has 0 spiro atoms. The van der Waals surface area contributed by atoms with Gasteiger partial charge in [-0.2, -0.15) is 0 Å². The predicted octanol–water partition coefficient (Wildman–Crippen LogP) is 3.35. The topological polar surface area (TPSA) is 99.2 Å². The van der Waals surface area contributed by atoms with Crippen LogP contribution in [0.25, 0.3) is 0 Å². The number of rotatable bonds is 4. The largest absolute Gasteiger partial charge is 0.465 e. The van der Waals surface area contributed by atoms with E-state index >= 15 is 0 Å². The summed E-state index contributed by atoms with van der Waals surface area (Å²) in [5.41, 5.74) is 0.873. The van der Waals surface area contributed by atoms with Crippen LogP contribution in [0.15, 0.2) is 22.3 Å². The van der Waals surface area contributed by atoms with E-state index in [4.69, 9.17) is 14.2 Å². The average Bonchev–Trinajstić information content (AvgIpc) is 3.27. The molecule has 3 aliphatic rings. The number of hydrogen-bond acceptors (Lipinski definition) is 7. The Morgan fingerprint density at radius 3 is 2.12 bits per heavy atom. The Kier molecular flexibility index (Phi) is 6.54. The zero-order valence-electron chi connectivity index (χ0n) is 19.8. The second-order valence-electron chi connectivity index (χ2n) is 9.67. The first-order chi connectivity index (χ1) is 14.9. The van der Waals surface area contributed by atoms with Gasteiger partial charge in [0.15, 0.2) is 11.2 Å². The maximum Gasteiger partial charge on any atom is 0.410 e. The van der Waals surface area contributed by atoms with Crippen molar-refractivity contribution < 1.29 is 33.4 Å². The zero-order valence-corrected chi connectivity index (χ0v) is 19.8. The number of fused-ring (bicyclic) bond motifs is 2. The van der Waals surface area contributed by atoms with Crippen molar-refractivity contribution in [2.75, 3.05) is 26.3 Å². The van der Waals surface area contributed by atoms with Crippen LogP contribution in [0.1, 0.15) is 60.8 Å². The number of carbonyl (C=O) groups is 4. The van der Waals surface area contributed by atoms with Crippen molar-refractivity contribution in [3.05, 3.63) is 22.3 Å². The van der Waals surface area contributed by atoms with Gasteiger partial charge in [-0.25, -0.2) is 4.79 Å². The molecule has 176 valence electrons.